The summed E-state index contributed by atoms with van der Waals surface area (Å²) in [5, 5.41) is 7.37. The van der Waals surface area contributed by atoms with Gasteiger partial charge in [0.1, 0.15) is 0 Å². The van der Waals surface area contributed by atoms with Crippen molar-refractivity contribution in [1.29, 1.82) is 0 Å². The number of thiophene rings is 1. The Morgan fingerprint density at radius 3 is 2.69 bits per heavy atom. The van der Waals surface area contributed by atoms with Crippen LogP contribution in [0.1, 0.15) is 41.6 Å². The summed E-state index contributed by atoms with van der Waals surface area (Å²) in [6.45, 7) is 2.84. The van der Waals surface area contributed by atoms with Crippen LogP contribution >= 0.6 is 22.7 Å². The van der Waals surface area contributed by atoms with Crippen LogP contribution in [0, 0.1) is 0 Å². The van der Waals surface area contributed by atoms with E-state index in [9.17, 15) is 18.0 Å². The average molecular weight is 495 g/mol. The molecule has 0 atom stereocenters. The number of anilines is 1. The fourth-order valence-corrected chi connectivity index (χ4v) is 6.36. The summed E-state index contributed by atoms with van der Waals surface area (Å²) < 4.78 is 32.2. The largest absolute Gasteiger partial charge is 0.438 e. The van der Waals surface area contributed by atoms with E-state index in [1.807, 2.05) is 17.5 Å². The first-order valence-electron chi connectivity index (χ1n) is 10.0. The Bertz CT molecular complexity index is 1220. The van der Waals surface area contributed by atoms with Gasteiger partial charge in [0.25, 0.3) is 15.9 Å². The summed E-state index contributed by atoms with van der Waals surface area (Å²) in [4.78, 5) is 29.9. The van der Waals surface area contributed by atoms with Crippen molar-refractivity contribution in [2.24, 2.45) is 0 Å². The second-order valence-electron chi connectivity index (χ2n) is 7.25. The topological polar surface area (TPSA) is 122 Å². The molecule has 1 aliphatic heterocycles. The van der Waals surface area contributed by atoms with Gasteiger partial charge in [-0.1, -0.05) is 6.42 Å². The maximum absolute atomic E-state index is 12.7. The predicted molar refractivity (Wildman–Crippen MR) is 122 cm³/mol. The normalized spacial score (nSPS) is 14.9. The minimum atomic E-state index is -3.74. The molecule has 3 aromatic rings. The zero-order valence-corrected chi connectivity index (χ0v) is 19.7. The number of nitrogens with zero attached hydrogens (tertiary/aromatic N) is 2. The standard InChI is InChI=1S/C20H22N4O5S3/c1-13(25)21-11-14-5-7-17(31-14)15-12-30-20(22-15)23-19(26)16-6-8-18(29-16)32(27,28)24-9-3-2-4-10-24/h5-8,12H,2-4,9-11H2,1H3,(H,21,25)(H,22,23,26). The quantitative estimate of drug-likeness (QED) is 0.518. The monoisotopic (exact) mass is 494 g/mol. The van der Waals surface area contributed by atoms with E-state index >= 15 is 0 Å². The number of furan rings is 1. The molecule has 2 amide bonds. The van der Waals surface area contributed by atoms with Gasteiger partial charge in [0.15, 0.2) is 10.9 Å². The fourth-order valence-electron chi connectivity index (χ4n) is 3.24. The maximum Gasteiger partial charge on any atom is 0.293 e. The first kappa shape index (κ1) is 22.6. The Labute approximate surface area is 193 Å². The van der Waals surface area contributed by atoms with Crippen molar-refractivity contribution < 1.29 is 22.4 Å². The molecule has 1 saturated heterocycles. The molecule has 4 rings (SSSR count). The highest BCUT2D eigenvalue weighted by atomic mass is 32.2. The van der Waals surface area contributed by atoms with Crippen LogP contribution in [-0.2, 0) is 21.4 Å². The molecule has 1 aliphatic rings. The van der Waals surface area contributed by atoms with Gasteiger partial charge in [-0.05, 0) is 37.1 Å². The third-order valence-electron chi connectivity index (χ3n) is 4.86. The number of sulfonamides is 1. The number of nitrogens with one attached hydrogen (secondary N) is 2. The molecule has 0 aromatic carbocycles. The SMILES string of the molecule is CC(=O)NCc1ccc(-c2csc(NC(=O)c3ccc(S(=O)(=O)N4CCCCC4)o3)n2)s1. The summed E-state index contributed by atoms with van der Waals surface area (Å²) >= 11 is 2.76. The van der Waals surface area contributed by atoms with Gasteiger partial charge in [-0.3, -0.25) is 14.9 Å². The molecule has 0 saturated carbocycles. The Morgan fingerprint density at radius 2 is 1.94 bits per heavy atom. The average Bonchev–Trinajstić information content (AvgIpc) is 3.53. The summed E-state index contributed by atoms with van der Waals surface area (Å²) in [6, 6.07) is 6.50. The summed E-state index contributed by atoms with van der Waals surface area (Å²) in [5.74, 6) is -0.752. The Hall–Kier alpha value is -2.54. The number of piperidine rings is 1. The molecule has 32 heavy (non-hydrogen) atoms. The number of amides is 2. The van der Waals surface area contributed by atoms with E-state index in [4.69, 9.17) is 4.42 Å². The van der Waals surface area contributed by atoms with Gasteiger partial charge in [-0.25, -0.2) is 13.4 Å². The lowest BCUT2D eigenvalue weighted by Crippen LogP contribution is -2.35. The molecular formula is C20H22N4O5S3. The lowest BCUT2D eigenvalue weighted by molar-refractivity contribution is -0.119. The van der Waals surface area contributed by atoms with Crippen molar-refractivity contribution in [2.45, 2.75) is 37.8 Å². The van der Waals surface area contributed by atoms with E-state index in [1.165, 1.54) is 46.0 Å². The number of carbonyl (C=O) groups excluding carboxylic acids is 2. The lowest BCUT2D eigenvalue weighted by Gasteiger charge is -2.24. The van der Waals surface area contributed by atoms with Gasteiger partial charge in [0.05, 0.1) is 17.1 Å². The Balaban J connectivity index is 1.41. The minimum absolute atomic E-state index is 0.0916. The van der Waals surface area contributed by atoms with Gasteiger partial charge in [-0.15, -0.1) is 22.7 Å². The molecule has 2 N–H and O–H groups in total. The van der Waals surface area contributed by atoms with E-state index in [1.54, 1.807) is 0 Å². The van der Waals surface area contributed by atoms with E-state index < -0.39 is 15.9 Å². The molecule has 3 aromatic heterocycles. The van der Waals surface area contributed by atoms with Crippen LogP contribution in [0.4, 0.5) is 5.13 Å². The first-order chi connectivity index (χ1) is 15.3. The first-order valence-corrected chi connectivity index (χ1v) is 13.2. The number of hydrogen-bond donors (Lipinski definition) is 2. The molecule has 0 spiro atoms. The van der Waals surface area contributed by atoms with Crippen molar-refractivity contribution in [3.05, 3.63) is 40.3 Å². The van der Waals surface area contributed by atoms with Crippen molar-refractivity contribution in [3.63, 3.8) is 0 Å². The lowest BCUT2D eigenvalue weighted by atomic mass is 10.2. The highest BCUT2D eigenvalue weighted by molar-refractivity contribution is 7.89. The second-order valence-corrected chi connectivity index (χ2v) is 11.1. The third kappa shape index (κ3) is 5.09. The smallest absolute Gasteiger partial charge is 0.293 e. The molecule has 0 unspecified atom stereocenters. The molecule has 12 heteroatoms. The highest BCUT2D eigenvalue weighted by Gasteiger charge is 2.29. The highest BCUT2D eigenvalue weighted by Crippen LogP contribution is 2.31. The van der Waals surface area contributed by atoms with Crippen molar-refractivity contribution in [1.82, 2.24) is 14.6 Å². The fraction of sp³-hybridized carbons (Fsp3) is 0.350. The molecular weight excluding hydrogens is 472 g/mol. The van der Waals surface area contributed by atoms with Crippen LogP contribution in [0.5, 0.6) is 0 Å². The van der Waals surface area contributed by atoms with Gasteiger partial charge in [-0.2, -0.15) is 4.31 Å². The molecule has 9 nitrogen and oxygen atoms in total. The summed E-state index contributed by atoms with van der Waals surface area (Å²) in [5.41, 5.74) is 0.706. The summed E-state index contributed by atoms with van der Waals surface area (Å²) in [7, 11) is -3.74. The molecule has 0 bridgehead atoms. The number of rotatable bonds is 7. The number of carbonyl (C=O) groups is 2. The van der Waals surface area contributed by atoms with E-state index in [-0.39, 0.29) is 16.8 Å². The number of hydrogen-bond acceptors (Lipinski definition) is 8. The summed E-state index contributed by atoms with van der Waals surface area (Å²) in [6.07, 6.45) is 2.65. The predicted octanol–water partition coefficient (Wildman–Crippen LogP) is 3.53. The van der Waals surface area contributed by atoms with E-state index in [2.05, 4.69) is 15.6 Å². The van der Waals surface area contributed by atoms with Crippen molar-refractivity contribution in [3.8, 4) is 10.6 Å². The molecule has 170 valence electrons. The van der Waals surface area contributed by atoms with Gasteiger partial charge in [0.2, 0.25) is 11.0 Å². The third-order valence-corrected chi connectivity index (χ3v) is 8.50. The van der Waals surface area contributed by atoms with Crippen LogP contribution < -0.4 is 10.6 Å². The maximum atomic E-state index is 12.7. The van der Waals surface area contributed by atoms with Crippen molar-refractivity contribution in [2.75, 3.05) is 18.4 Å². The number of thiazole rings is 1. The zero-order valence-electron chi connectivity index (χ0n) is 17.3. The van der Waals surface area contributed by atoms with Crippen LogP contribution in [0.15, 0.2) is 39.2 Å². The van der Waals surface area contributed by atoms with Crippen LogP contribution in [0.2, 0.25) is 0 Å². The molecule has 0 radical (unpaired) electrons. The number of aromatic nitrogens is 1. The molecule has 0 aliphatic carbocycles. The van der Waals surface area contributed by atoms with Gasteiger partial charge < -0.3 is 9.73 Å². The van der Waals surface area contributed by atoms with Gasteiger partial charge in [0, 0.05) is 30.3 Å². The molecule has 4 heterocycles. The van der Waals surface area contributed by atoms with Crippen LogP contribution in [-0.4, -0.2) is 42.6 Å². The van der Waals surface area contributed by atoms with Crippen LogP contribution in [0.25, 0.3) is 10.6 Å². The van der Waals surface area contributed by atoms with Crippen molar-refractivity contribution >= 4 is 49.6 Å². The second kappa shape index (κ2) is 9.53. The Kier molecular flexibility index (Phi) is 6.74. The van der Waals surface area contributed by atoms with E-state index in [0.29, 0.717) is 30.5 Å². The Morgan fingerprint density at radius 1 is 1.16 bits per heavy atom. The minimum Gasteiger partial charge on any atom is -0.438 e. The van der Waals surface area contributed by atoms with E-state index in [0.717, 1.165) is 29.0 Å². The molecule has 1 fully saturated rings. The zero-order chi connectivity index (χ0) is 22.7. The van der Waals surface area contributed by atoms with Crippen LogP contribution in [0.3, 0.4) is 0 Å². The van der Waals surface area contributed by atoms with Gasteiger partial charge >= 0.3 is 0 Å².